The quantitative estimate of drug-likeness (QED) is 0.793. The SMILES string of the molecule is CCCCNC(=O)[C@@H]1CN(C(=O)c2ccccc2)C[C@H]1c1ccc(C)cc1. The minimum absolute atomic E-state index is 0.00318. The summed E-state index contributed by atoms with van der Waals surface area (Å²) >= 11 is 0. The van der Waals surface area contributed by atoms with Crippen molar-refractivity contribution >= 4 is 11.8 Å². The zero-order valence-corrected chi connectivity index (χ0v) is 16.2. The lowest BCUT2D eigenvalue weighted by Gasteiger charge is -2.18. The van der Waals surface area contributed by atoms with E-state index in [0.29, 0.717) is 25.2 Å². The van der Waals surface area contributed by atoms with Gasteiger partial charge in [0.1, 0.15) is 0 Å². The maximum atomic E-state index is 12.9. The molecule has 142 valence electrons. The number of likely N-dealkylation sites (tertiary alicyclic amines) is 1. The van der Waals surface area contributed by atoms with Crippen LogP contribution in [0.2, 0.25) is 0 Å². The van der Waals surface area contributed by atoms with E-state index in [0.717, 1.165) is 18.4 Å². The summed E-state index contributed by atoms with van der Waals surface area (Å²) in [6, 6.07) is 17.6. The highest BCUT2D eigenvalue weighted by Crippen LogP contribution is 2.34. The number of hydrogen-bond acceptors (Lipinski definition) is 2. The number of nitrogens with zero attached hydrogens (tertiary/aromatic N) is 1. The largest absolute Gasteiger partial charge is 0.356 e. The third-order valence-electron chi connectivity index (χ3n) is 5.30. The molecule has 27 heavy (non-hydrogen) atoms. The molecule has 0 aromatic heterocycles. The molecule has 1 N–H and O–H groups in total. The summed E-state index contributed by atoms with van der Waals surface area (Å²) < 4.78 is 0. The molecule has 4 nitrogen and oxygen atoms in total. The van der Waals surface area contributed by atoms with Crippen LogP contribution in [0, 0.1) is 12.8 Å². The molecule has 0 unspecified atom stereocenters. The van der Waals surface area contributed by atoms with Gasteiger partial charge in [-0.05, 0) is 31.0 Å². The second kappa shape index (κ2) is 8.85. The lowest BCUT2D eigenvalue weighted by atomic mass is 9.88. The second-order valence-electron chi connectivity index (χ2n) is 7.34. The first-order valence-electron chi connectivity index (χ1n) is 9.78. The highest BCUT2D eigenvalue weighted by Gasteiger charge is 2.40. The number of carbonyl (C=O) groups is 2. The number of aryl methyl sites for hydroxylation is 1. The summed E-state index contributed by atoms with van der Waals surface area (Å²) in [5.41, 5.74) is 2.99. The van der Waals surface area contributed by atoms with Crippen molar-refractivity contribution in [3.05, 3.63) is 71.3 Å². The Kier molecular flexibility index (Phi) is 6.28. The highest BCUT2D eigenvalue weighted by atomic mass is 16.2. The molecule has 1 aliphatic rings. The van der Waals surface area contributed by atoms with Gasteiger partial charge in [0.2, 0.25) is 5.91 Å². The fraction of sp³-hybridized carbons (Fsp3) is 0.391. The summed E-state index contributed by atoms with van der Waals surface area (Å²) in [5.74, 6) is -0.133. The molecule has 0 radical (unpaired) electrons. The van der Waals surface area contributed by atoms with Crippen LogP contribution in [-0.4, -0.2) is 36.3 Å². The van der Waals surface area contributed by atoms with Crippen LogP contribution in [-0.2, 0) is 4.79 Å². The van der Waals surface area contributed by atoms with Gasteiger partial charge >= 0.3 is 0 Å². The Hall–Kier alpha value is -2.62. The molecule has 2 atom stereocenters. The van der Waals surface area contributed by atoms with Gasteiger partial charge in [0.25, 0.3) is 5.91 Å². The normalized spacial score (nSPS) is 19.1. The molecular formula is C23H28N2O2. The summed E-state index contributed by atoms with van der Waals surface area (Å²) in [5, 5.41) is 3.06. The molecule has 0 bridgehead atoms. The van der Waals surface area contributed by atoms with Crippen molar-refractivity contribution in [3.63, 3.8) is 0 Å². The van der Waals surface area contributed by atoms with Crippen molar-refractivity contribution in [2.45, 2.75) is 32.6 Å². The molecule has 2 aromatic carbocycles. The fourth-order valence-electron chi connectivity index (χ4n) is 3.67. The van der Waals surface area contributed by atoms with Crippen molar-refractivity contribution in [1.82, 2.24) is 10.2 Å². The first-order chi connectivity index (χ1) is 13.1. The lowest BCUT2D eigenvalue weighted by Crippen LogP contribution is -2.36. The van der Waals surface area contributed by atoms with Gasteiger partial charge in [0.15, 0.2) is 0 Å². The predicted octanol–water partition coefficient (Wildman–Crippen LogP) is 3.77. The molecular weight excluding hydrogens is 336 g/mol. The van der Waals surface area contributed by atoms with Gasteiger partial charge in [-0.3, -0.25) is 9.59 Å². The van der Waals surface area contributed by atoms with Crippen molar-refractivity contribution in [2.75, 3.05) is 19.6 Å². The Balaban J connectivity index is 1.80. The Morgan fingerprint density at radius 2 is 1.74 bits per heavy atom. The molecule has 4 heteroatoms. The maximum absolute atomic E-state index is 12.9. The Bertz CT molecular complexity index is 771. The van der Waals surface area contributed by atoms with Gasteiger partial charge in [-0.15, -0.1) is 0 Å². The average Bonchev–Trinajstić information content (AvgIpc) is 3.14. The van der Waals surface area contributed by atoms with Crippen LogP contribution in [0.1, 0.15) is 47.2 Å². The van der Waals surface area contributed by atoms with Crippen LogP contribution in [0.5, 0.6) is 0 Å². The van der Waals surface area contributed by atoms with Crippen molar-refractivity contribution < 1.29 is 9.59 Å². The highest BCUT2D eigenvalue weighted by molar-refractivity contribution is 5.95. The van der Waals surface area contributed by atoms with E-state index in [1.165, 1.54) is 5.56 Å². The second-order valence-corrected chi connectivity index (χ2v) is 7.34. The zero-order valence-electron chi connectivity index (χ0n) is 16.2. The maximum Gasteiger partial charge on any atom is 0.253 e. The Morgan fingerprint density at radius 1 is 1.04 bits per heavy atom. The van der Waals surface area contributed by atoms with Gasteiger partial charge in [0.05, 0.1) is 5.92 Å². The van der Waals surface area contributed by atoms with E-state index < -0.39 is 0 Å². The van der Waals surface area contributed by atoms with E-state index in [2.05, 4.69) is 43.4 Å². The minimum Gasteiger partial charge on any atom is -0.356 e. The van der Waals surface area contributed by atoms with Crippen LogP contribution >= 0.6 is 0 Å². The number of benzene rings is 2. The van der Waals surface area contributed by atoms with Crippen molar-refractivity contribution in [2.24, 2.45) is 5.92 Å². The van der Waals surface area contributed by atoms with E-state index >= 15 is 0 Å². The zero-order chi connectivity index (χ0) is 19.2. The van der Waals surface area contributed by atoms with Crippen LogP contribution < -0.4 is 5.32 Å². The molecule has 1 fully saturated rings. The smallest absolute Gasteiger partial charge is 0.253 e. The molecule has 2 amide bonds. The molecule has 0 aliphatic carbocycles. The molecule has 1 heterocycles. The summed E-state index contributed by atoms with van der Waals surface area (Å²) in [6.45, 7) is 5.89. The average molecular weight is 364 g/mol. The summed E-state index contributed by atoms with van der Waals surface area (Å²) in [4.78, 5) is 27.6. The van der Waals surface area contributed by atoms with Gasteiger partial charge < -0.3 is 10.2 Å². The third-order valence-corrected chi connectivity index (χ3v) is 5.30. The number of unbranched alkanes of at least 4 members (excludes halogenated alkanes) is 1. The van der Waals surface area contributed by atoms with Crippen LogP contribution in [0.25, 0.3) is 0 Å². The van der Waals surface area contributed by atoms with Gasteiger partial charge in [0, 0.05) is 31.1 Å². The van der Waals surface area contributed by atoms with Gasteiger partial charge in [-0.1, -0.05) is 61.4 Å². The summed E-state index contributed by atoms with van der Waals surface area (Å²) in [6.07, 6.45) is 2.02. The number of rotatable bonds is 6. The molecule has 0 spiro atoms. The predicted molar refractivity (Wildman–Crippen MR) is 108 cm³/mol. The lowest BCUT2D eigenvalue weighted by molar-refractivity contribution is -0.124. The minimum atomic E-state index is -0.211. The van der Waals surface area contributed by atoms with Crippen LogP contribution in [0.15, 0.2) is 54.6 Å². The number of amides is 2. The molecule has 2 aromatic rings. The Labute approximate surface area is 161 Å². The first-order valence-corrected chi connectivity index (χ1v) is 9.78. The first kappa shape index (κ1) is 19.2. The van der Waals surface area contributed by atoms with E-state index in [9.17, 15) is 9.59 Å². The van der Waals surface area contributed by atoms with E-state index in [-0.39, 0.29) is 23.7 Å². The van der Waals surface area contributed by atoms with Crippen molar-refractivity contribution in [1.29, 1.82) is 0 Å². The van der Waals surface area contributed by atoms with Crippen LogP contribution in [0.3, 0.4) is 0 Å². The third kappa shape index (κ3) is 4.57. The van der Waals surface area contributed by atoms with Crippen molar-refractivity contribution in [3.8, 4) is 0 Å². The molecule has 1 saturated heterocycles. The number of carbonyl (C=O) groups excluding carboxylic acids is 2. The van der Waals surface area contributed by atoms with E-state index in [4.69, 9.17) is 0 Å². The topological polar surface area (TPSA) is 49.4 Å². The summed E-state index contributed by atoms with van der Waals surface area (Å²) in [7, 11) is 0. The number of hydrogen-bond donors (Lipinski definition) is 1. The molecule has 3 rings (SSSR count). The van der Waals surface area contributed by atoms with Gasteiger partial charge in [-0.25, -0.2) is 0 Å². The Morgan fingerprint density at radius 3 is 2.41 bits per heavy atom. The van der Waals surface area contributed by atoms with E-state index in [1.54, 1.807) is 0 Å². The number of nitrogens with one attached hydrogen (secondary N) is 1. The monoisotopic (exact) mass is 364 g/mol. The van der Waals surface area contributed by atoms with Crippen LogP contribution in [0.4, 0.5) is 0 Å². The molecule has 1 aliphatic heterocycles. The standard InChI is InChI=1S/C23H28N2O2/c1-3-4-14-24-22(26)21-16-25(23(27)19-8-6-5-7-9-19)15-20(21)18-12-10-17(2)11-13-18/h5-13,20-21H,3-4,14-16H2,1-2H3,(H,24,26)/t20-,21+/m0/s1. The van der Waals surface area contributed by atoms with Gasteiger partial charge in [-0.2, -0.15) is 0 Å². The van der Waals surface area contributed by atoms with E-state index in [1.807, 2.05) is 35.2 Å². The fourth-order valence-corrected chi connectivity index (χ4v) is 3.67. The molecule has 0 saturated carbocycles.